The average Bonchev–Trinajstić information content (AvgIpc) is 2.83. The lowest BCUT2D eigenvalue weighted by molar-refractivity contribution is 0.328. The van der Waals surface area contributed by atoms with Crippen molar-refractivity contribution >= 4 is 0 Å². The van der Waals surface area contributed by atoms with Gasteiger partial charge in [0.1, 0.15) is 0 Å². The van der Waals surface area contributed by atoms with Crippen molar-refractivity contribution in [2.45, 2.75) is 19.3 Å². The van der Waals surface area contributed by atoms with Gasteiger partial charge in [-0.3, -0.25) is 4.90 Å². The predicted octanol–water partition coefficient (Wildman–Crippen LogP) is 1.11. The maximum atomic E-state index is 3.53. The number of hydrogen-bond donors (Lipinski definition) is 2. The Morgan fingerprint density at radius 2 is 2.44 bits per heavy atom. The van der Waals surface area contributed by atoms with Gasteiger partial charge in [-0.15, -0.1) is 0 Å². The lowest BCUT2D eigenvalue weighted by atomic mass is 10.1. The molecule has 1 heterocycles. The van der Waals surface area contributed by atoms with Crippen LogP contribution in [0.3, 0.4) is 0 Å². The van der Waals surface area contributed by atoms with Crippen LogP contribution in [0.5, 0.6) is 0 Å². The first-order chi connectivity index (χ1) is 7.95. The fraction of sp³-hybridized carbons (Fsp3) is 0.692. The highest BCUT2D eigenvalue weighted by Crippen LogP contribution is 2.09. The molecule has 0 spiro atoms. The Hall–Kier alpha value is -0.640. The summed E-state index contributed by atoms with van der Waals surface area (Å²) < 4.78 is 0. The van der Waals surface area contributed by atoms with Crippen molar-refractivity contribution in [2.24, 2.45) is 0 Å². The summed E-state index contributed by atoms with van der Waals surface area (Å²) in [5, 5.41) is 6.88. The molecule has 0 aromatic heterocycles. The van der Waals surface area contributed by atoms with Crippen molar-refractivity contribution in [1.29, 1.82) is 0 Å². The van der Waals surface area contributed by atoms with Crippen molar-refractivity contribution in [3.63, 3.8) is 0 Å². The van der Waals surface area contributed by atoms with E-state index >= 15 is 0 Å². The molecule has 3 nitrogen and oxygen atoms in total. The van der Waals surface area contributed by atoms with E-state index in [9.17, 15) is 0 Å². The zero-order chi connectivity index (χ0) is 11.1. The van der Waals surface area contributed by atoms with Gasteiger partial charge in [-0.05, 0) is 25.8 Å². The third-order valence-corrected chi connectivity index (χ3v) is 3.22. The van der Waals surface area contributed by atoms with Gasteiger partial charge in [-0.2, -0.15) is 0 Å². The van der Waals surface area contributed by atoms with Gasteiger partial charge in [0.2, 0.25) is 0 Å². The summed E-state index contributed by atoms with van der Waals surface area (Å²) in [6.07, 6.45) is 10.4. The number of allylic oxidation sites excluding steroid dienone is 3. The molecule has 0 aromatic rings. The standard InChI is InChI=1S/C13H23N3/c1-2-5-13(6-3-1)11-14-7-4-9-16-10-8-15-12-16/h1-2,5,14-15H,3-4,6-12H2. The molecule has 0 unspecified atom stereocenters. The van der Waals surface area contributed by atoms with Crippen LogP contribution in [-0.4, -0.2) is 44.3 Å². The van der Waals surface area contributed by atoms with E-state index in [-0.39, 0.29) is 0 Å². The molecule has 1 saturated heterocycles. The van der Waals surface area contributed by atoms with Crippen molar-refractivity contribution in [2.75, 3.05) is 39.4 Å². The van der Waals surface area contributed by atoms with Gasteiger partial charge in [0.05, 0.1) is 0 Å². The van der Waals surface area contributed by atoms with Gasteiger partial charge in [0.25, 0.3) is 0 Å². The zero-order valence-electron chi connectivity index (χ0n) is 10.0. The Kier molecular flexibility index (Phi) is 5.06. The SMILES string of the molecule is C1=CCCC(CNCCCN2CCNC2)=C1. The van der Waals surface area contributed by atoms with Crippen LogP contribution in [0.2, 0.25) is 0 Å². The Bertz CT molecular complexity index is 252. The summed E-state index contributed by atoms with van der Waals surface area (Å²) in [6, 6.07) is 0. The summed E-state index contributed by atoms with van der Waals surface area (Å²) >= 11 is 0. The van der Waals surface area contributed by atoms with Crippen LogP contribution in [0, 0.1) is 0 Å². The number of nitrogens with zero attached hydrogens (tertiary/aromatic N) is 1. The highest BCUT2D eigenvalue weighted by atomic mass is 15.3. The molecule has 2 aliphatic rings. The Morgan fingerprint density at radius 3 is 3.19 bits per heavy atom. The van der Waals surface area contributed by atoms with Crippen LogP contribution >= 0.6 is 0 Å². The topological polar surface area (TPSA) is 27.3 Å². The molecular formula is C13H23N3. The second-order valence-corrected chi connectivity index (χ2v) is 4.60. The minimum Gasteiger partial charge on any atom is -0.313 e. The fourth-order valence-corrected chi connectivity index (χ4v) is 2.22. The predicted molar refractivity (Wildman–Crippen MR) is 68.4 cm³/mol. The maximum absolute atomic E-state index is 3.53. The van der Waals surface area contributed by atoms with E-state index in [2.05, 4.69) is 33.8 Å². The normalized spacial score (nSPS) is 21.4. The molecular weight excluding hydrogens is 198 g/mol. The molecule has 0 aromatic carbocycles. The third-order valence-electron chi connectivity index (χ3n) is 3.22. The first-order valence-electron chi connectivity index (χ1n) is 6.43. The van der Waals surface area contributed by atoms with Crippen LogP contribution in [0.1, 0.15) is 19.3 Å². The van der Waals surface area contributed by atoms with Gasteiger partial charge >= 0.3 is 0 Å². The second-order valence-electron chi connectivity index (χ2n) is 4.60. The van der Waals surface area contributed by atoms with Crippen molar-refractivity contribution in [3.05, 3.63) is 23.8 Å². The number of nitrogens with one attached hydrogen (secondary N) is 2. The van der Waals surface area contributed by atoms with Gasteiger partial charge in [-0.25, -0.2) is 0 Å². The molecule has 2 N–H and O–H groups in total. The van der Waals surface area contributed by atoms with Crippen LogP contribution in [0.25, 0.3) is 0 Å². The molecule has 0 atom stereocenters. The summed E-state index contributed by atoms with van der Waals surface area (Å²) in [5.74, 6) is 0. The highest BCUT2D eigenvalue weighted by molar-refractivity contribution is 5.18. The Balaban J connectivity index is 1.48. The lowest BCUT2D eigenvalue weighted by Crippen LogP contribution is -2.27. The molecule has 3 heteroatoms. The van der Waals surface area contributed by atoms with Gasteiger partial charge in [0, 0.05) is 32.8 Å². The monoisotopic (exact) mass is 221 g/mol. The quantitative estimate of drug-likeness (QED) is 0.658. The molecule has 2 rings (SSSR count). The average molecular weight is 221 g/mol. The summed E-state index contributed by atoms with van der Waals surface area (Å²) in [4.78, 5) is 2.48. The summed E-state index contributed by atoms with van der Waals surface area (Å²) in [6.45, 7) is 6.89. The van der Waals surface area contributed by atoms with Gasteiger partial charge in [-0.1, -0.05) is 23.8 Å². The molecule has 0 bridgehead atoms. The van der Waals surface area contributed by atoms with E-state index in [0.29, 0.717) is 0 Å². The molecule has 1 aliphatic carbocycles. The molecule has 0 radical (unpaired) electrons. The first kappa shape index (κ1) is 11.8. The first-order valence-corrected chi connectivity index (χ1v) is 6.43. The minimum absolute atomic E-state index is 1.07. The Labute approximate surface area is 98.6 Å². The molecule has 1 aliphatic heterocycles. The molecule has 0 amide bonds. The van der Waals surface area contributed by atoms with E-state index in [1.807, 2.05) is 0 Å². The third kappa shape index (κ3) is 4.08. The maximum Gasteiger partial charge on any atom is 0.0481 e. The Morgan fingerprint density at radius 1 is 1.44 bits per heavy atom. The fourth-order valence-electron chi connectivity index (χ4n) is 2.22. The van der Waals surface area contributed by atoms with Crippen LogP contribution in [-0.2, 0) is 0 Å². The molecule has 16 heavy (non-hydrogen) atoms. The largest absolute Gasteiger partial charge is 0.313 e. The van der Waals surface area contributed by atoms with Crippen LogP contribution in [0.4, 0.5) is 0 Å². The lowest BCUT2D eigenvalue weighted by Gasteiger charge is -2.14. The van der Waals surface area contributed by atoms with E-state index in [1.54, 1.807) is 5.57 Å². The van der Waals surface area contributed by atoms with Gasteiger partial charge in [0.15, 0.2) is 0 Å². The van der Waals surface area contributed by atoms with Crippen molar-refractivity contribution < 1.29 is 0 Å². The molecule has 90 valence electrons. The summed E-state index contributed by atoms with van der Waals surface area (Å²) in [5.41, 5.74) is 1.55. The number of hydrogen-bond acceptors (Lipinski definition) is 3. The van der Waals surface area contributed by atoms with Crippen LogP contribution in [0.15, 0.2) is 23.8 Å². The van der Waals surface area contributed by atoms with E-state index in [1.165, 1.54) is 32.4 Å². The van der Waals surface area contributed by atoms with E-state index < -0.39 is 0 Å². The van der Waals surface area contributed by atoms with E-state index in [0.717, 1.165) is 26.3 Å². The van der Waals surface area contributed by atoms with Crippen molar-refractivity contribution in [3.8, 4) is 0 Å². The van der Waals surface area contributed by atoms with E-state index in [4.69, 9.17) is 0 Å². The summed E-state index contributed by atoms with van der Waals surface area (Å²) in [7, 11) is 0. The van der Waals surface area contributed by atoms with Gasteiger partial charge < -0.3 is 10.6 Å². The smallest absolute Gasteiger partial charge is 0.0481 e. The highest BCUT2D eigenvalue weighted by Gasteiger charge is 2.08. The molecule has 1 fully saturated rings. The van der Waals surface area contributed by atoms with Crippen LogP contribution < -0.4 is 10.6 Å². The minimum atomic E-state index is 1.07. The van der Waals surface area contributed by atoms with Crippen molar-refractivity contribution in [1.82, 2.24) is 15.5 Å². The molecule has 0 saturated carbocycles. The zero-order valence-corrected chi connectivity index (χ0v) is 10.0. The number of rotatable bonds is 6. The second kappa shape index (κ2) is 6.84.